The van der Waals surface area contributed by atoms with Gasteiger partial charge in [0.2, 0.25) is 5.88 Å². The minimum atomic E-state index is -0.640. The van der Waals surface area contributed by atoms with Gasteiger partial charge in [-0.15, -0.1) is 0 Å². The molecule has 0 radical (unpaired) electrons. The third-order valence-corrected chi connectivity index (χ3v) is 6.70. The molecule has 3 aliphatic heterocycles. The first-order valence-corrected chi connectivity index (χ1v) is 11.3. The Bertz CT molecular complexity index is 1200. The Kier molecular flexibility index (Phi) is 5.19. The van der Waals surface area contributed by atoms with Crippen LogP contribution in [-0.4, -0.2) is 74.0 Å². The van der Waals surface area contributed by atoms with Gasteiger partial charge in [0.15, 0.2) is 6.10 Å². The van der Waals surface area contributed by atoms with Crippen LogP contribution in [0.5, 0.6) is 5.88 Å². The molecule has 2 N–H and O–H groups in total. The molecule has 0 unspecified atom stereocenters. The summed E-state index contributed by atoms with van der Waals surface area (Å²) in [7, 11) is 0. The number of nitrogens with one attached hydrogen (secondary N) is 1. The van der Waals surface area contributed by atoms with E-state index in [2.05, 4.69) is 40.2 Å². The number of anilines is 1. The fourth-order valence-corrected chi connectivity index (χ4v) is 4.93. The summed E-state index contributed by atoms with van der Waals surface area (Å²) in [6.45, 7) is 3.87. The molecule has 3 saturated heterocycles. The fourth-order valence-electron chi connectivity index (χ4n) is 4.93. The maximum atomic E-state index is 9.95. The average molecular weight is 447 g/mol. The molecule has 0 aliphatic carbocycles. The number of benzene rings is 2. The number of nitriles is 1. The molecule has 3 fully saturated rings. The first kappa shape index (κ1) is 20.5. The number of hydrogen-bond acceptors (Lipinski definition) is 7. The van der Waals surface area contributed by atoms with E-state index in [9.17, 15) is 10.4 Å². The summed E-state index contributed by atoms with van der Waals surface area (Å²) < 4.78 is 22.8. The van der Waals surface area contributed by atoms with Gasteiger partial charge in [-0.05, 0) is 35.4 Å². The Balaban J connectivity index is 1.26. The van der Waals surface area contributed by atoms with E-state index in [0.717, 1.165) is 48.3 Å². The van der Waals surface area contributed by atoms with Crippen LogP contribution in [-0.2, 0) is 14.2 Å². The van der Waals surface area contributed by atoms with Crippen LogP contribution in [0.2, 0.25) is 0 Å². The van der Waals surface area contributed by atoms with Crippen LogP contribution in [0.25, 0.3) is 22.0 Å². The van der Waals surface area contributed by atoms with E-state index < -0.39 is 6.10 Å². The number of aromatic nitrogens is 1. The maximum absolute atomic E-state index is 9.95. The molecule has 8 nitrogen and oxygen atoms in total. The van der Waals surface area contributed by atoms with Crippen LogP contribution in [0, 0.1) is 11.3 Å². The van der Waals surface area contributed by atoms with Crippen molar-refractivity contribution in [3.8, 4) is 23.1 Å². The number of rotatable bonds is 4. The summed E-state index contributed by atoms with van der Waals surface area (Å²) in [6, 6.07) is 16.8. The second-order valence-corrected chi connectivity index (χ2v) is 8.67. The summed E-state index contributed by atoms with van der Waals surface area (Å²) >= 11 is 0. The fraction of sp³-hybridized carbons (Fsp3) is 0.400. The molecule has 0 spiro atoms. The molecular formula is C25H25N3O5. The van der Waals surface area contributed by atoms with Crippen molar-refractivity contribution in [2.75, 3.05) is 44.4 Å². The van der Waals surface area contributed by atoms with Crippen LogP contribution in [0.1, 0.15) is 5.56 Å². The molecule has 2 aromatic carbocycles. The van der Waals surface area contributed by atoms with Crippen molar-refractivity contribution in [3.63, 3.8) is 0 Å². The number of hydrogen-bond donors (Lipinski definition) is 2. The summed E-state index contributed by atoms with van der Waals surface area (Å²) in [4.78, 5) is 5.55. The predicted octanol–water partition coefficient (Wildman–Crippen LogP) is 2.45. The number of aromatic amines is 1. The molecule has 0 saturated carbocycles. The molecule has 6 rings (SSSR count). The Morgan fingerprint density at radius 3 is 2.55 bits per heavy atom. The van der Waals surface area contributed by atoms with Gasteiger partial charge >= 0.3 is 0 Å². The van der Waals surface area contributed by atoms with Crippen LogP contribution >= 0.6 is 0 Å². The number of morpholine rings is 1. The van der Waals surface area contributed by atoms with Crippen LogP contribution in [0.3, 0.4) is 0 Å². The molecule has 170 valence electrons. The van der Waals surface area contributed by atoms with E-state index in [4.69, 9.17) is 18.9 Å². The Morgan fingerprint density at radius 1 is 1.00 bits per heavy atom. The van der Waals surface area contributed by atoms with E-state index >= 15 is 0 Å². The van der Waals surface area contributed by atoms with Gasteiger partial charge in [-0.25, -0.2) is 0 Å². The summed E-state index contributed by atoms with van der Waals surface area (Å²) in [5, 5.41) is 20.6. The second-order valence-electron chi connectivity index (χ2n) is 8.67. The monoisotopic (exact) mass is 447 g/mol. The third-order valence-electron chi connectivity index (χ3n) is 6.70. The van der Waals surface area contributed by atoms with Crippen molar-refractivity contribution in [1.82, 2.24) is 4.98 Å². The smallest absolute Gasteiger partial charge is 0.210 e. The zero-order valence-corrected chi connectivity index (χ0v) is 18.1. The quantitative estimate of drug-likeness (QED) is 0.634. The lowest BCUT2D eigenvalue weighted by Crippen LogP contribution is -2.36. The summed E-state index contributed by atoms with van der Waals surface area (Å²) in [5.74, 6) is 0.409. The molecule has 1 aromatic heterocycles. The van der Waals surface area contributed by atoms with Crippen molar-refractivity contribution in [1.29, 1.82) is 5.26 Å². The molecule has 0 amide bonds. The largest absolute Gasteiger partial charge is 0.469 e. The highest BCUT2D eigenvalue weighted by molar-refractivity contribution is 5.92. The normalized spacial score (nSPS) is 27.0. The van der Waals surface area contributed by atoms with E-state index in [0.29, 0.717) is 18.1 Å². The average Bonchev–Trinajstić information content (AvgIpc) is 3.54. The highest BCUT2D eigenvalue weighted by Gasteiger charge is 2.48. The number of ether oxygens (including phenoxy) is 4. The number of fused-ring (bicyclic) bond motifs is 2. The zero-order valence-electron chi connectivity index (χ0n) is 18.1. The highest BCUT2D eigenvalue weighted by Crippen LogP contribution is 2.35. The molecule has 33 heavy (non-hydrogen) atoms. The van der Waals surface area contributed by atoms with Crippen molar-refractivity contribution in [2.24, 2.45) is 0 Å². The lowest BCUT2D eigenvalue weighted by molar-refractivity contribution is 0.00789. The van der Waals surface area contributed by atoms with Gasteiger partial charge in [-0.2, -0.15) is 5.26 Å². The van der Waals surface area contributed by atoms with Crippen molar-refractivity contribution in [2.45, 2.75) is 24.4 Å². The van der Waals surface area contributed by atoms with E-state index in [1.165, 1.54) is 5.69 Å². The van der Waals surface area contributed by atoms with E-state index in [1.54, 1.807) is 0 Å². The number of nitrogens with zero attached hydrogens (tertiary/aromatic N) is 2. The Hall–Kier alpha value is -3.09. The highest BCUT2D eigenvalue weighted by atomic mass is 16.6. The van der Waals surface area contributed by atoms with Gasteiger partial charge < -0.3 is 33.9 Å². The third kappa shape index (κ3) is 3.63. The lowest BCUT2D eigenvalue weighted by atomic mass is 10.0. The van der Waals surface area contributed by atoms with Crippen LogP contribution in [0.4, 0.5) is 5.69 Å². The standard InChI is InChI=1S/C25H25N3O5/c26-12-19-18-11-16(15-1-4-17(5-2-15)28-7-9-30-10-8-28)3-6-20(18)27-25(19)33-22-14-32-23-21(29)13-31-24(22)23/h1-6,11,21-24,27,29H,7-10,13-14H2/t21-,22-,23-,24-/m1/s1. The molecule has 0 bridgehead atoms. The Labute approximate surface area is 191 Å². The Morgan fingerprint density at radius 2 is 1.76 bits per heavy atom. The predicted molar refractivity (Wildman–Crippen MR) is 121 cm³/mol. The first-order valence-electron chi connectivity index (χ1n) is 11.3. The SMILES string of the molecule is N#Cc1c(O[C@@H]2CO[C@H]3[C@@H]2OC[C@H]3O)[nH]c2ccc(-c3ccc(N4CCOCC4)cc3)cc12. The molecule has 4 atom stereocenters. The topological polar surface area (TPSA) is 100.0 Å². The van der Waals surface area contributed by atoms with Crippen molar-refractivity contribution >= 4 is 16.6 Å². The number of aliphatic hydroxyl groups excluding tert-OH is 1. The van der Waals surface area contributed by atoms with Gasteiger partial charge in [0, 0.05) is 29.7 Å². The minimum Gasteiger partial charge on any atom is -0.469 e. The lowest BCUT2D eigenvalue weighted by Gasteiger charge is -2.28. The van der Waals surface area contributed by atoms with E-state index in [-0.39, 0.29) is 24.9 Å². The second kappa shape index (κ2) is 8.36. The minimum absolute atomic E-state index is 0.237. The number of H-pyrrole nitrogens is 1. The van der Waals surface area contributed by atoms with Gasteiger partial charge in [-0.3, -0.25) is 0 Å². The van der Waals surface area contributed by atoms with Gasteiger partial charge in [-0.1, -0.05) is 18.2 Å². The van der Waals surface area contributed by atoms with Gasteiger partial charge in [0.1, 0.15) is 29.9 Å². The van der Waals surface area contributed by atoms with Crippen LogP contribution in [0.15, 0.2) is 42.5 Å². The van der Waals surface area contributed by atoms with Crippen molar-refractivity contribution in [3.05, 3.63) is 48.0 Å². The summed E-state index contributed by atoms with van der Waals surface area (Å²) in [6.07, 6.45) is -1.73. The van der Waals surface area contributed by atoms with Crippen LogP contribution < -0.4 is 9.64 Å². The molecule has 4 heterocycles. The summed E-state index contributed by atoms with van der Waals surface area (Å²) in [5.41, 5.74) is 4.60. The van der Waals surface area contributed by atoms with Gasteiger partial charge in [0.25, 0.3) is 0 Å². The molecule has 8 heteroatoms. The molecule has 3 aromatic rings. The van der Waals surface area contributed by atoms with Gasteiger partial charge in [0.05, 0.1) is 26.4 Å². The first-order chi connectivity index (χ1) is 16.2. The maximum Gasteiger partial charge on any atom is 0.210 e. The van der Waals surface area contributed by atoms with E-state index in [1.807, 2.05) is 18.2 Å². The number of aliphatic hydroxyl groups is 1. The van der Waals surface area contributed by atoms with Crippen molar-refractivity contribution < 1.29 is 24.1 Å². The zero-order chi connectivity index (χ0) is 22.4. The molecular weight excluding hydrogens is 422 g/mol. The molecule has 3 aliphatic rings.